The van der Waals surface area contributed by atoms with Crippen molar-refractivity contribution in [3.05, 3.63) is 59.8 Å². The predicted molar refractivity (Wildman–Crippen MR) is 107 cm³/mol. The highest BCUT2D eigenvalue weighted by atomic mass is 35.5. The lowest BCUT2D eigenvalue weighted by Gasteiger charge is -2.11. The topological polar surface area (TPSA) is 91.7 Å². The fourth-order valence-corrected chi connectivity index (χ4v) is 3.31. The molecule has 7 nitrogen and oxygen atoms in total. The number of nitrogens with zero attached hydrogens (tertiary/aromatic N) is 3. The Kier molecular flexibility index (Phi) is 4.89. The van der Waals surface area contributed by atoms with Crippen molar-refractivity contribution in [2.24, 2.45) is 5.73 Å². The van der Waals surface area contributed by atoms with Gasteiger partial charge in [0.25, 0.3) is 11.1 Å². The van der Waals surface area contributed by atoms with Gasteiger partial charge in [0, 0.05) is 10.6 Å². The highest BCUT2D eigenvalue weighted by Crippen LogP contribution is 2.30. The molecule has 0 aliphatic heterocycles. The summed E-state index contributed by atoms with van der Waals surface area (Å²) in [5.41, 5.74) is 6.96. The second-order valence-electron chi connectivity index (χ2n) is 5.96. The number of benzene rings is 2. The van der Waals surface area contributed by atoms with Crippen LogP contribution in [-0.4, -0.2) is 26.6 Å². The van der Waals surface area contributed by atoms with Gasteiger partial charge in [-0.05, 0) is 54.7 Å². The summed E-state index contributed by atoms with van der Waals surface area (Å²) in [5, 5.41) is 5.54. The zero-order chi connectivity index (χ0) is 19.7. The average molecular weight is 415 g/mol. The van der Waals surface area contributed by atoms with E-state index >= 15 is 0 Å². The molecule has 1 atom stereocenters. The summed E-state index contributed by atoms with van der Waals surface area (Å²) in [6.45, 7) is 1.59. The monoisotopic (exact) mass is 414 g/mol. The van der Waals surface area contributed by atoms with Gasteiger partial charge in [-0.1, -0.05) is 23.7 Å². The zero-order valence-electron chi connectivity index (χ0n) is 14.7. The average Bonchev–Trinajstić information content (AvgIpc) is 3.22. The van der Waals surface area contributed by atoms with E-state index in [0.29, 0.717) is 21.7 Å². The summed E-state index contributed by atoms with van der Waals surface area (Å²) >= 11 is 7.25. The fourth-order valence-electron chi connectivity index (χ4n) is 2.43. The largest absolute Gasteiger partial charge is 0.481 e. The first-order valence-electron chi connectivity index (χ1n) is 8.34. The second-order valence-corrected chi connectivity index (χ2v) is 7.32. The predicted octanol–water partition coefficient (Wildman–Crippen LogP) is 4.16. The summed E-state index contributed by atoms with van der Waals surface area (Å²) in [6.07, 6.45) is 1.14. The van der Waals surface area contributed by atoms with Crippen molar-refractivity contribution >= 4 is 33.8 Å². The molecule has 0 fully saturated rings. The zero-order valence-corrected chi connectivity index (χ0v) is 16.3. The Bertz CT molecular complexity index is 1090. The fraction of sp³-hybridized carbons (Fsp3) is 0.105. The first-order valence-corrected chi connectivity index (χ1v) is 9.53. The first kappa shape index (κ1) is 18.3. The molecule has 9 heteroatoms. The van der Waals surface area contributed by atoms with E-state index in [1.165, 1.54) is 11.3 Å². The molecule has 0 radical (unpaired) electrons. The van der Waals surface area contributed by atoms with Crippen molar-refractivity contribution in [1.82, 2.24) is 14.6 Å². The number of primary amides is 1. The van der Waals surface area contributed by atoms with Crippen LogP contribution in [0.3, 0.4) is 0 Å². The number of halogens is 1. The minimum absolute atomic E-state index is 0.462. The van der Waals surface area contributed by atoms with Gasteiger partial charge in [0.2, 0.25) is 4.96 Å². The Morgan fingerprint density at radius 2 is 1.82 bits per heavy atom. The van der Waals surface area contributed by atoms with E-state index in [4.69, 9.17) is 26.8 Å². The summed E-state index contributed by atoms with van der Waals surface area (Å²) in [4.78, 5) is 16.3. The standard InChI is InChI=1S/C19H15ClN4O3S/c1-11(17(21)25)26-14-6-8-15(9-7-14)27-19-23-24-10-16(22-18(24)28-19)12-2-4-13(20)5-3-12/h2-11H,1H3,(H2,21,25). The van der Waals surface area contributed by atoms with E-state index in [1.54, 1.807) is 35.7 Å². The van der Waals surface area contributed by atoms with Gasteiger partial charge >= 0.3 is 0 Å². The van der Waals surface area contributed by atoms with Crippen molar-refractivity contribution < 1.29 is 14.3 Å². The molecule has 0 aliphatic carbocycles. The Morgan fingerprint density at radius 1 is 1.14 bits per heavy atom. The maximum atomic E-state index is 11.1. The summed E-state index contributed by atoms with van der Waals surface area (Å²) in [7, 11) is 0. The smallest absolute Gasteiger partial charge is 0.299 e. The third-order valence-corrected chi connectivity index (χ3v) is 4.96. The van der Waals surface area contributed by atoms with E-state index in [1.807, 2.05) is 30.5 Å². The molecule has 0 bridgehead atoms. The van der Waals surface area contributed by atoms with E-state index < -0.39 is 12.0 Å². The lowest BCUT2D eigenvalue weighted by molar-refractivity contribution is -0.123. The minimum atomic E-state index is -0.701. The quantitative estimate of drug-likeness (QED) is 0.511. The number of amides is 1. The number of imidazole rings is 1. The number of ether oxygens (including phenoxy) is 2. The van der Waals surface area contributed by atoms with Crippen LogP contribution in [0.25, 0.3) is 16.2 Å². The number of hydrogen-bond donors (Lipinski definition) is 1. The SMILES string of the molecule is CC(Oc1ccc(Oc2nn3cc(-c4ccc(Cl)cc4)nc3s2)cc1)C(N)=O. The molecule has 2 aromatic heterocycles. The summed E-state index contributed by atoms with van der Waals surface area (Å²) < 4.78 is 12.9. The van der Waals surface area contributed by atoms with E-state index in [0.717, 1.165) is 16.2 Å². The van der Waals surface area contributed by atoms with Crippen LogP contribution in [0.1, 0.15) is 6.92 Å². The molecule has 4 rings (SSSR count). The molecule has 1 unspecified atom stereocenters. The van der Waals surface area contributed by atoms with Gasteiger partial charge in [-0.25, -0.2) is 9.50 Å². The molecule has 0 saturated heterocycles. The van der Waals surface area contributed by atoms with Gasteiger partial charge < -0.3 is 15.2 Å². The number of rotatable bonds is 6. The molecule has 142 valence electrons. The van der Waals surface area contributed by atoms with Crippen LogP contribution in [-0.2, 0) is 4.79 Å². The Labute approximate surface area is 169 Å². The van der Waals surface area contributed by atoms with Crippen molar-refractivity contribution in [3.63, 3.8) is 0 Å². The van der Waals surface area contributed by atoms with Gasteiger partial charge in [-0.15, -0.1) is 5.10 Å². The Hall–Kier alpha value is -3.10. The van der Waals surface area contributed by atoms with Crippen LogP contribution in [0.15, 0.2) is 54.7 Å². The summed E-state index contributed by atoms with van der Waals surface area (Å²) in [6, 6.07) is 14.3. The highest BCUT2D eigenvalue weighted by molar-refractivity contribution is 7.18. The van der Waals surface area contributed by atoms with Crippen molar-refractivity contribution in [3.8, 4) is 28.0 Å². The molecule has 4 aromatic rings. The van der Waals surface area contributed by atoms with Gasteiger partial charge in [0.1, 0.15) is 11.5 Å². The maximum absolute atomic E-state index is 11.1. The van der Waals surface area contributed by atoms with Gasteiger partial charge in [0.15, 0.2) is 6.10 Å². The number of carbonyl (C=O) groups excluding carboxylic acids is 1. The normalized spacial score (nSPS) is 12.1. The summed E-state index contributed by atoms with van der Waals surface area (Å²) in [5.74, 6) is 0.596. The van der Waals surface area contributed by atoms with Crippen LogP contribution in [0.5, 0.6) is 16.7 Å². The first-order chi connectivity index (χ1) is 13.5. The number of hydrogen-bond acceptors (Lipinski definition) is 6. The third kappa shape index (κ3) is 3.92. The van der Waals surface area contributed by atoms with Crippen LogP contribution in [0.2, 0.25) is 5.02 Å². The lowest BCUT2D eigenvalue weighted by Crippen LogP contribution is -2.30. The van der Waals surface area contributed by atoms with Crippen molar-refractivity contribution in [1.29, 1.82) is 0 Å². The maximum Gasteiger partial charge on any atom is 0.299 e. The third-order valence-electron chi connectivity index (χ3n) is 3.91. The molecule has 2 heterocycles. The number of fused-ring (bicyclic) bond motifs is 1. The minimum Gasteiger partial charge on any atom is -0.481 e. The number of carbonyl (C=O) groups is 1. The molecule has 28 heavy (non-hydrogen) atoms. The highest BCUT2D eigenvalue weighted by Gasteiger charge is 2.12. The Morgan fingerprint density at radius 3 is 2.46 bits per heavy atom. The second kappa shape index (κ2) is 7.49. The number of aromatic nitrogens is 3. The van der Waals surface area contributed by atoms with Gasteiger partial charge in [0.05, 0.1) is 11.9 Å². The van der Waals surface area contributed by atoms with E-state index in [9.17, 15) is 4.79 Å². The van der Waals surface area contributed by atoms with Gasteiger partial charge in [-0.3, -0.25) is 4.79 Å². The molecular formula is C19H15ClN4O3S. The molecule has 0 spiro atoms. The van der Waals surface area contributed by atoms with Crippen molar-refractivity contribution in [2.45, 2.75) is 13.0 Å². The van der Waals surface area contributed by atoms with Crippen molar-refractivity contribution in [2.75, 3.05) is 0 Å². The number of nitrogens with two attached hydrogens (primary N) is 1. The lowest BCUT2D eigenvalue weighted by atomic mass is 10.2. The Balaban J connectivity index is 1.47. The molecular weight excluding hydrogens is 400 g/mol. The van der Waals surface area contributed by atoms with Crippen LogP contribution < -0.4 is 15.2 Å². The molecule has 1 amide bonds. The molecule has 2 aromatic carbocycles. The molecule has 0 aliphatic rings. The van der Waals surface area contributed by atoms with Crippen LogP contribution in [0, 0.1) is 0 Å². The van der Waals surface area contributed by atoms with Crippen LogP contribution >= 0.6 is 22.9 Å². The van der Waals surface area contributed by atoms with Crippen LogP contribution in [0.4, 0.5) is 0 Å². The molecule has 0 saturated carbocycles. The molecule has 2 N–H and O–H groups in total. The van der Waals surface area contributed by atoms with Gasteiger partial charge in [-0.2, -0.15) is 0 Å². The van der Waals surface area contributed by atoms with E-state index in [-0.39, 0.29) is 0 Å². The van der Waals surface area contributed by atoms with E-state index in [2.05, 4.69) is 10.1 Å².